The molecule has 4 saturated carbocycles. The van der Waals surface area contributed by atoms with Gasteiger partial charge in [0.15, 0.2) is 0 Å². The normalized spacial score (nSPS) is 56.0. The Kier molecular flexibility index (Phi) is 4.74. The standard InChI is InChI=1S/C24H44Si/c1-14-11-21-12-19-9-8-10-20(19)13-22(21)23(14)25(6,7)24-17(4)15(2)16(3)18(24)5/h14-24H,8-13H2,1-7H3. The van der Waals surface area contributed by atoms with Gasteiger partial charge in [0, 0.05) is 0 Å². The van der Waals surface area contributed by atoms with E-state index in [0.717, 1.165) is 64.3 Å². The Morgan fingerprint density at radius 3 is 1.76 bits per heavy atom. The van der Waals surface area contributed by atoms with Crippen molar-refractivity contribution in [2.24, 2.45) is 53.3 Å². The average molecular weight is 361 g/mol. The first-order valence-electron chi connectivity index (χ1n) is 11.7. The topological polar surface area (TPSA) is 0 Å². The predicted octanol–water partition coefficient (Wildman–Crippen LogP) is 7.48. The third kappa shape index (κ3) is 2.73. The van der Waals surface area contributed by atoms with Gasteiger partial charge in [0.05, 0.1) is 8.07 Å². The highest BCUT2D eigenvalue weighted by Crippen LogP contribution is 2.65. The molecule has 10 unspecified atom stereocenters. The molecule has 0 amide bonds. The van der Waals surface area contributed by atoms with Gasteiger partial charge in [-0.1, -0.05) is 67.0 Å². The number of hydrogen-bond acceptors (Lipinski definition) is 0. The zero-order chi connectivity index (χ0) is 18.1. The van der Waals surface area contributed by atoms with Crippen molar-refractivity contribution in [2.75, 3.05) is 0 Å². The molecule has 0 radical (unpaired) electrons. The van der Waals surface area contributed by atoms with E-state index in [1.165, 1.54) is 0 Å². The molecule has 4 aliphatic rings. The third-order valence-electron chi connectivity index (χ3n) is 10.7. The summed E-state index contributed by atoms with van der Waals surface area (Å²) in [4.78, 5) is 0. The number of rotatable bonds is 2. The van der Waals surface area contributed by atoms with Crippen LogP contribution in [0.25, 0.3) is 0 Å². The first-order valence-corrected chi connectivity index (χ1v) is 14.9. The second kappa shape index (κ2) is 6.38. The first kappa shape index (κ1) is 18.6. The number of fused-ring (bicyclic) bond motifs is 2. The van der Waals surface area contributed by atoms with Gasteiger partial charge in [-0.25, -0.2) is 0 Å². The van der Waals surface area contributed by atoms with Crippen LogP contribution in [0.2, 0.25) is 24.2 Å². The van der Waals surface area contributed by atoms with Crippen molar-refractivity contribution < 1.29 is 0 Å². The van der Waals surface area contributed by atoms with Crippen LogP contribution in [0.4, 0.5) is 0 Å². The van der Waals surface area contributed by atoms with Crippen LogP contribution in [0.1, 0.15) is 73.1 Å². The molecule has 0 heterocycles. The minimum Gasteiger partial charge on any atom is -0.0689 e. The highest BCUT2D eigenvalue weighted by atomic mass is 28.3. The molecule has 0 aromatic heterocycles. The fraction of sp³-hybridized carbons (Fsp3) is 1.00. The lowest BCUT2D eigenvalue weighted by Crippen LogP contribution is -2.46. The zero-order valence-corrected chi connectivity index (χ0v) is 19.1. The Labute approximate surface area is 158 Å². The van der Waals surface area contributed by atoms with Crippen molar-refractivity contribution in [2.45, 2.75) is 97.3 Å². The predicted molar refractivity (Wildman–Crippen MR) is 112 cm³/mol. The molecule has 0 aliphatic heterocycles. The molecule has 10 atom stereocenters. The van der Waals surface area contributed by atoms with Crippen LogP contribution >= 0.6 is 0 Å². The van der Waals surface area contributed by atoms with E-state index in [1.807, 2.05) is 0 Å². The van der Waals surface area contributed by atoms with E-state index in [4.69, 9.17) is 0 Å². The highest BCUT2D eigenvalue weighted by molar-refractivity contribution is 6.80. The van der Waals surface area contributed by atoms with Gasteiger partial charge in [-0.2, -0.15) is 0 Å². The van der Waals surface area contributed by atoms with Crippen LogP contribution in [0.5, 0.6) is 0 Å². The van der Waals surface area contributed by atoms with Gasteiger partial charge >= 0.3 is 0 Å². The van der Waals surface area contributed by atoms with E-state index >= 15 is 0 Å². The van der Waals surface area contributed by atoms with Crippen LogP contribution in [-0.4, -0.2) is 8.07 Å². The van der Waals surface area contributed by atoms with Crippen LogP contribution in [0.3, 0.4) is 0 Å². The van der Waals surface area contributed by atoms with Crippen LogP contribution in [0.15, 0.2) is 0 Å². The molecule has 4 rings (SSSR count). The van der Waals surface area contributed by atoms with Crippen LogP contribution in [-0.2, 0) is 0 Å². The minimum atomic E-state index is -1.26. The third-order valence-corrected chi connectivity index (χ3v) is 16.2. The molecule has 144 valence electrons. The quantitative estimate of drug-likeness (QED) is 0.448. The molecule has 25 heavy (non-hydrogen) atoms. The monoisotopic (exact) mass is 360 g/mol. The van der Waals surface area contributed by atoms with E-state index in [9.17, 15) is 0 Å². The summed E-state index contributed by atoms with van der Waals surface area (Å²) in [5.41, 5.74) is 2.18. The van der Waals surface area contributed by atoms with Gasteiger partial charge in [-0.3, -0.25) is 0 Å². The molecular weight excluding hydrogens is 316 g/mol. The van der Waals surface area contributed by atoms with Gasteiger partial charge in [-0.15, -0.1) is 0 Å². The summed E-state index contributed by atoms with van der Waals surface area (Å²) in [5, 5.41) is 0. The lowest BCUT2D eigenvalue weighted by atomic mass is 9.71. The fourth-order valence-electron chi connectivity index (χ4n) is 9.55. The maximum Gasteiger partial charge on any atom is 0.0546 e. The Morgan fingerprint density at radius 2 is 1.16 bits per heavy atom. The second-order valence-electron chi connectivity index (χ2n) is 11.9. The second-order valence-corrected chi connectivity index (χ2v) is 16.8. The summed E-state index contributed by atoms with van der Waals surface area (Å²) in [7, 11) is -1.26. The molecule has 1 heteroatoms. The molecule has 4 fully saturated rings. The van der Waals surface area contributed by atoms with Crippen molar-refractivity contribution in [3.05, 3.63) is 0 Å². The Morgan fingerprint density at radius 1 is 0.600 bits per heavy atom. The van der Waals surface area contributed by atoms with Gasteiger partial charge in [0.1, 0.15) is 0 Å². The first-order chi connectivity index (χ1) is 11.7. The lowest BCUT2D eigenvalue weighted by Gasteiger charge is -2.48. The van der Waals surface area contributed by atoms with Gasteiger partial charge in [-0.05, 0) is 83.6 Å². The lowest BCUT2D eigenvalue weighted by molar-refractivity contribution is 0.155. The van der Waals surface area contributed by atoms with E-state index in [2.05, 4.69) is 47.7 Å². The van der Waals surface area contributed by atoms with Gasteiger partial charge < -0.3 is 0 Å². The molecule has 0 aromatic rings. The van der Waals surface area contributed by atoms with Crippen LogP contribution < -0.4 is 0 Å². The Hall–Kier alpha value is 0.217. The molecular formula is C24H44Si. The zero-order valence-electron chi connectivity index (χ0n) is 18.1. The van der Waals surface area contributed by atoms with Crippen LogP contribution in [0, 0.1) is 53.3 Å². The molecule has 0 aromatic carbocycles. The van der Waals surface area contributed by atoms with Crippen molar-refractivity contribution in [1.29, 1.82) is 0 Å². The Bertz CT molecular complexity index is 482. The molecule has 0 N–H and O–H groups in total. The van der Waals surface area contributed by atoms with E-state index in [0.29, 0.717) is 0 Å². The largest absolute Gasteiger partial charge is 0.0689 e. The maximum absolute atomic E-state index is 2.83. The van der Waals surface area contributed by atoms with E-state index in [-0.39, 0.29) is 0 Å². The van der Waals surface area contributed by atoms with Gasteiger partial charge in [0.25, 0.3) is 0 Å². The van der Waals surface area contributed by atoms with Crippen molar-refractivity contribution >= 4 is 8.07 Å². The van der Waals surface area contributed by atoms with E-state index < -0.39 is 8.07 Å². The summed E-state index contributed by atoms with van der Waals surface area (Å²) in [6.07, 6.45) is 9.50. The van der Waals surface area contributed by atoms with Gasteiger partial charge in [0.2, 0.25) is 0 Å². The summed E-state index contributed by atoms with van der Waals surface area (Å²) in [6.45, 7) is 18.7. The molecule has 4 aliphatic carbocycles. The summed E-state index contributed by atoms with van der Waals surface area (Å²) in [5.74, 6) is 9.27. The molecule has 0 nitrogen and oxygen atoms in total. The average Bonchev–Trinajstić information content (AvgIpc) is 3.17. The van der Waals surface area contributed by atoms with Crippen molar-refractivity contribution in [3.8, 4) is 0 Å². The highest BCUT2D eigenvalue weighted by Gasteiger charge is 2.58. The molecule has 0 bridgehead atoms. The summed E-state index contributed by atoms with van der Waals surface area (Å²) >= 11 is 0. The minimum absolute atomic E-state index is 0.935. The summed E-state index contributed by atoms with van der Waals surface area (Å²) in [6, 6.07) is 0. The summed E-state index contributed by atoms with van der Waals surface area (Å²) < 4.78 is 0. The van der Waals surface area contributed by atoms with E-state index in [1.54, 1.807) is 38.5 Å². The fourth-order valence-corrected chi connectivity index (χ4v) is 16.4. The number of hydrogen-bond donors (Lipinski definition) is 0. The van der Waals surface area contributed by atoms with Crippen molar-refractivity contribution in [3.63, 3.8) is 0 Å². The Balaban J connectivity index is 1.61. The van der Waals surface area contributed by atoms with Crippen molar-refractivity contribution in [1.82, 2.24) is 0 Å². The SMILES string of the molecule is CC1CC2CC3CCCC3CC2C1[Si](C)(C)C1C(C)C(C)C(C)C1C. The smallest absolute Gasteiger partial charge is 0.0546 e. The molecule has 0 spiro atoms. The maximum atomic E-state index is 2.83. The molecule has 0 saturated heterocycles.